The molecule has 2 unspecified atom stereocenters. The lowest BCUT2D eigenvalue weighted by Gasteiger charge is -2.12. The van der Waals surface area contributed by atoms with E-state index in [2.05, 4.69) is 34.4 Å². The zero-order chi connectivity index (χ0) is 12.3. The summed E-state index contributed by atoms with van der Waals surface area (Å²) in [5.41, 5.74) is 1.57. The topological polar surface area (TPSA) is 48.7 Å². The molecule has 0 amide bonds. The Morgan fingerprint density at radius 2 is 2.41 bits per heavy atom. The van der Waals surface area contributed by atoms with E-state index >= 15 is 0 Å². The second-order valence-corrected chi connectivity index (χ2v) is 6.67. The van der Waals surface area contributed by atoms with Gasteiger partial charge < -0.3 is 5.32 Å². The van der Waals surface area contributed by atoms with E-state index in [9.17, 15) is 0 Å². The van der Waals surface area contributed by atoms with Crippen molar-refractivity contribution in [3.8, 4) is 6.07 Å². The summed E-state index contributed by atoms with van der Waals surface area (Å²) in [6, 6.07) is 2.75. The smallest absolute Gasteiger partial charge is 0.127 e. The molecular formula is C12H17N3S2. The molecule has 3 nitrogen and oxygen atoms in total. The van der Waals surface area contributed by atoms with Crippen LogP contribution in [0.4, 0.5) is 5.00 Å². The van der Waals surface area contributed by atoms with Crippen LogP contribution in [0.1, 0.15) is 37.4 Å². The van der Waals surface area contributed by atoms with E-state index in [0.29, 0.717) is 6.04 Å². The second-order valence-electron chi connectivity index (χ2n) is 4.32. The van der Waals surface area contributed by atoms with Crippen molar-refractivity contribution in [3.63, 3.8) is 0 Å². The Hall–Kier alpha value is -0.730. The molecule has 0 aromatic carbocycles. The Labute approximate surface area is 111 Å². The molecule has 1 aromatic heterocycles. The first-order valence-electron chi connectivity index (χ1n) is 5.99. The third kappa shape index (κ3) is 2.93. The Morgan fingerprint density at radius 1 is 1.59 bits per heavy atom. The van der Waals surface area contributed by atoms with E-state index in [1.54, 1.807) is 0 Å². The van der Waals surface area contributed by atoms with Gasteiger partial charge in [-0.1, -0.05) is 6.92 Å². The molecule has 1 aromatic rings. The summed E-state index contributed by atoms with van der Waals surface area (Å²) in [6.45, 7) is 4.11. The summed E-state index contributed by atoms with van der Waals surface area (Å²) in [4.78, 5) is 0. The van der Waals surface area contributed by atoms with Crippen molar-refractivity contribution in [1.29, 1.82) is 5.26 Å². The third-order valence-corrected chi connectivity index (χ3v) is 5.20. The standard InChI is InChI=1S/C12H17N3S2/c1-3-16-10-5-4-9(6-10)14-12-11(7-13)8(2)15-17-12/h9-10,14H,3-6H2,1-2H3. The van der Waals surface area contributed by atoms with Crippen LogP contribution >= 0.6 is 23.3 Å². The molecule has 17 heavy (non-hydrogen) atoms. The summed E-state index contributed by atoms with van der Waals surface area (Å²) < 4.78 is 4.24. The van der Waals surface area contributed by atoms with Gasteiger partial charge in [0.05, 0.1) is 5.69 Å². The molecule has 1 N–H and O–H groups in total. The van der Waals surface area contributed by atoms with Crippen molar-refractivity contribution in [2.45, 2.75) is 44.4 Å². The van der Waals surface area contributed by atoms with Gasteiger partial charge in [0.15, 0.2) is 0 Å². The van der Waals surface area contributed by atoms with E-state index < -0.39 is 0 Å². The van der Waals surface area contributed by atoms with E-state index in [1.807, 2.05) is 6.92 Å². The Kier molecular flexibility index (Phi) is 4.30. The maximum absolute atomic E-state index is 9.07. The van der Waals surface area contributed by atoms with Crippen molar-refractivity contribution < 1.29 is 0 Å². The number of hydrogen-bond donors (Lipinski definition) is 1. The van der Waals surface area contributed by atoms with E-state index in [4.69, 9.17) is 5.26 Å². The van der Waals surface area contributed by atoms with Gasteiger partial charge in [0, 0.05) is 11.3 Å². The summed E-state index contributed by atoms with van der Waals surface area (Å²) in [7, 11) is 0. The van der Waals surface area contributed by atoms with Crippen LogP contribution in [-0.4, -0.2) is 21.4 Å². The lowest BCUT2D eigenvalue weighted by molar-refractivity contribution is 0.759. The first kappa shape index (κ1) is 12.7. The summed E-state index contributed by atoms with van der Waals surface area (Å²) in [6.07, 6.45) is 3.70. The maximum atomic E-state index is 9.07. The molecule has 2 rings (SSSR count). The largest absolute Gasteiger partial charge is 0.372 e. The van der Waals surface area contributed by atoms with Crippen molar-refractivity contribution in [3.05, 3.63) is 11.3 Å². The second kappa shape index (κ2) is 5.74. The molecule has 1 saturated carbocycles. The lowest BCUT2D eigenvalue weighted by Crippen LogP contribution is -2.15. The number of anilines is 1. The molecule has 1 heterocycles. The first-order valence-corrected chi connectivity index (χ1v) is 7.81. The maximum Gasteiger partial charge on any atom is 0.127 e. The van der Waals surface area contributed by atoms with Gasteiger partial charge in [0.1, 0.15) is 16.6 Å². The van der Waals surface area contributed by atoms with Crippen LogP contribution < -0.4 is 5.32 Å². The van der Waals surface area contributed by atoms with Crippen LogP contribution in [0, 0.1) is 18.3 Å². The van der Waals surface area contributed by atoms with Gasteiger partial charge >= 0.3 is 0 Å². The highest BCUT2D eigenvalue weighted by molar-refractivity contribution is 7.99. The number of thioether (sulfide) groups is 1. The predicted octanol–water partition coefficient (Wildman–Crippen LogP) is 3.41. The first-order chi connectivity index (χ1) is 8.24. The van der Waals surface area contributed by atoms with Crippen molar-refractivity contribution in [2.75, 3.05) is 11.1 Å². The highest BCUT2D eigenvalue weighted by Gasteiger charge is 2.25. The normalized spacial score (nSPS) is 23.6. The fourth-order valence-electron chi connectivity index (χ4n) is 2.24. The number of nitrogens with zero attached hydrogens (tertiary/aromatic N) is 2. The molecule has 1 fully saturated rings. The summed E-state index contributed by atoms with van der Waals surface area (Å²) >= 11 is 3.46. The molecule has 0 bridgehead atoms. The monoisotopic (exact) mass is 267 g/mol. The van der Waals surface area contributed by atoms with E-state index in [-0.39, 0.29) is 0 Å². The highest BCUT2D eigenvalue weighted by atomic mass is 32.2. The molecule has 1 aliphatic carbocycles. The van der Waals surface area contributed by atoms with Crippen LogP contribution in [0.2, 0.25) is 0 Å². The van der Waals surface area contributed by atoms with Crippen LogP contribution in [-0.2, 0) is 0 Å². The predicted molar refractivity (Wildman–Crippen MR) is 74.7 cm³/mol. The molecule has 0 saturated heterocycles. The quantitative estimate of drug-likeness (QED) is 0.908. The molecule has 0 radical (unpaired) electrons. The SMILES string of the molecule is CCSC1CCC(Nc2snc(C)c2C#N)C1. The van der Waals surface area contributed by atoms with Crippen molar-refractivity contribution in [2.24, 2.45) is 0 Å². The molecule has 1 aliphatic rings. The molecule has 5 heteroatoms. The van der Waals surface area contributed by atoms with E-state index in [0.717, 1.165) is 21.5 Å². The number of nitriles is 1. The summed E-state index contributed by atoms with van der Waals surface area (Å²) in [5, 5.41) is 14.3. The molecular weight excluding hydrogens is 250 g/mol. The minimum atomic E-state index is 0.519. The minimum Gasteiger partial charge on any atom is -0.372 e. The number of nitrogens with one attached hydrogen (secondary N) is 1. The van der Waals surface area contributed by atoms with Gasteiger partial charge in [0.25, 0.3) is 0 Å². The third-order valence-electron chi connectivity index (χ3n) is 3.10. The number of rotatable bonds is 4. The van der Waals surface area contributed by atoms with Gasteiger partial charge in [-0.25, -0.2) is 0 Å². The molecule has 0 spiro atoms. The highest BCUT2D eigenvalue weighted by Crippen LogP contribution is 2.33. The van der Waals surface area contributed by atoms with Gasteiger partial charge in [-0.05, 0) is 43.5 Å². The van der Waals surface area contributed by atoms with Crippen LogP contribution in [0.3, 0.4) is 0 Å². The zero-order valence-corrected chi connectivity index (χ0v) is 11.8. The van der Waals surface area contributed by atoms with Crippen LogP contribution in [0.15, 0.2) is 0 Å². The zero-order valence-electron chi connectivity index (χ0n) is 10.2. The molecule has 2 atom stereocenters. The fourth-order valence-corrected chi connectivity index (χ4v) is 4.21. The Bertz CT molecular complexity index is 422. The van der Waals surface area contributed by atoms with Gasteiger partial charge in [-0.3, -0.25) is 0 Å². The van der Waals surface area contributed by atoms with Crippen molar-refractivity contribution >= 4 is 28.3 Å². The van der Waals surface area contributed by atoms with Crippen LogP contribution in [0.5, 0.6) is 0 Å². The molecule has 0 aliphatic heterocycles. The van der Waals surface area contributed by atoms with E-state index in [1.165, 1.54) is 36.5 Å². The molecule has 92 valence electrons. The Morgan fingerprint density at radius 3 is 3.12 bits per heavy atom. The number of aryl methyl sites for hydroxylation is 1. The summed E-state index contributed by atoms with van der Waals surface area (Å²) in [5.74, 6) is 1.19. The number of hydrogen-bond acceptors (Lipinski definition) is 5. The van der Waals surface area contributed by atoms with Gasteiger partial charge in [-0.2, -0.15) is 21.4 Å². The average Bonchev–Trinajstić information content (AvgIpc) is 2.88. The number of aromatic nitrogens is 1. The lowest BCUT2D eigenvalue weighted by atomic mass is 10.2. The van der Waals surface area contributed by atoms with Crippen LogP contribution in [0.25, 0.3) is 0 Å². The Balaban J connectivity index is 1.96. The van der Waals surface area contributed by atoms with Gasteiger partial charge in [-0.15, -0.1) is 0 Å². The van der Waals surface area contributed by atoms with Gasteiger partial charge in [0.2, 0.25) is 0 Å². The van der Waals surface area contributed by atoms with Crippen molar-refractivity contribution in [1.82, 2.24) is 4.37 Å². The minimum absolute atomic E-state index is 0.519. The average molecular weight is 267 g/mol. The fraction of sp³-hybridized carbons (Fsp3) is 0.667.